The summed E-state index contributed by atoms with van der Waals surface area (Å²) in [5.74, 6) is -0.820. The average Bonchev–Trinajstić information content (AvgIpc) is 3.19. The predicted octanol–water partition coefficient (Wildman–Crippen LogP) is 6.73. The number of thioether (sulfide) groups is 1. The molecular formula is C28H22BrNO5S. The lowest BCUT2D eigenvalue weighted by Crippen LogP contribution is -2.14. The van der Waals surface area contributed by atoms with Gasteiger partial charge in [-0.2, -0.15) is 0 Å². The number of halogens is 1. The Hall–Kier alpha value is -3.62. The van der Waals surface area contributed by atoms with Crippen LogP contribution in [0.25, 0.3) is 6.08 Å². The van der Waals surface area contributed by atoms with Crippen LogP contribution in [-0.2, 0) is 16.1 Å². The maximum atomic E-state index is 12.6. The van der Waals surface area contributed by atoms with Crippen LogP contribution < -0.4 is 4.74 Å². The molecule has 0 aliphatic carbocycles. The summed E-state index contributed by atoms with van der Waals surface area (Å²) in [4.78, 5) is 29.7. The predicted molar refractivity (Wildman–Crippen MR) is 145 cm³/mol. The number of carbonyl (C=O) groups is 2. The van der Waals surface area contributed by atoms with E-state index in [9.17, 15) is 14.7 Å². The SMILES string of the molecule is CCOC(=O)C1=C(O)/C(=C/c2ccc(OCc3ccc(Br)cc3)cc2)SC1=NC(=O)c1ccccc1. The minimum absolute atomic E-state index is 0.0977. The van der Waals surface area contributed by atoms with Gasteiger partial charge in [-0.15, -0.1) is 0 Å². The molecule has 1 N–H and O–H groups in total. The quantitative estimate of drug-likeness (QED) is 0.321. The first-order valence-electron chi connectivity index (χ1n) is 11.1. The van der Waals surface area contributed by atoms with Crippen molar-refractivity contribution in [2.45, 2.75) is 13.5 Å². The summed E-state index contributed by atoms with van der Waals surface area (Å²) < 4.78 is 11.9. The zero-order valence-electron chi connectivity index (χ0n) is 19.3. The average molecular weight is 564 g/mol. The Morgan fingerprint density at radius 3 is 2.36 bits per heavy atom. The van der Waals surface area contributed by atoms with Crippen molar-refractivity contribution in [3.05, 3.63) is 116 Å². The molecule has 1 heterocycles. The highest BCUT2D eigenvalue weighted by Gasteiger charge is 2.33. The van der Waals surface area contributed by atoms with Crippen LogP contribution >= 0.6 is 27.7 Å². The minimum atomic E-state index is -0.734. The van der Waals surface area contributed by atoms with E-state index < -0.39 is 11.9 Å². The van der Waals surface area contributed by atoms with Crippen molar-refractivity contribution in [3.63, 3.8) is 0 Å². The number of hydrogen-bond donors (Lipinski definition) is 1. The monoisotopic (exact) mass is 563 g/mol. The molecule has 0 spiro atoms. The first-order valence-corrected chi connectivity index (χ1v) is 12.7. The van der Waals surface area contributed by atoms with Crippen molar-refractivity contribution >= 4 is 50.7 Å². The number of rotatable bonds is 7. The number of amides is 1. The molecule has 0 atom stereocenters. The third-order valence-corrected chi connectivity index (χ3v) is 6.64. The second-order valence-corrected chi connectivity index (χ2v) is 9.57. The standard InChI is InChI=1S/C28H22BrNO5S/c1-2-34-28(33)24-25(31)23(36-27(24)30-26(32)20-6-4-3-5-7-20)16-18-10-14-22(15-11-18)35-17-19-8-12-21(29)13-9-19/h3-16,31H,2,17H2,1H3/b23-16-,30-27?. The second kappa shape index (κ2) is 11.9. The highest BCUT2D eigenvalue weighted by molar-refractivity contribution is 9.10. The summed E-state index contributed by atoms with van der Waals surface area (Å²) in [7, 11) is 0. The summed E-state index contributed by atoms with van der Waals surface area (Å²) in [6, 6.07) is 23.7. The maximum Gasteiger partial charge on any atom is 0.344 e. The van der Waals surface area contributed by atoms with E-state index in [-0.39, 0.29) is 23.0 Å². The number of benzene rings is 3. The van der Waals surface area contributed by atoms with Gasteiger partial charge in [-0.3, -0.25) is 4.79 Å². The molecule has 0 aromatic heterocycles. The van der Waals surface area contributed by atoms with Gasteiger partial charge in [0.05, 0.1) is 11.5 Å². The van der Waals surface area contributed by atoms with Crippen LogP contribution in [0, 0.1) is 0 Å². The topological polar surface area (TPSA) is 85.2 Å². The summed E-state index contributed by atoms with van der Waals surface area (Å²) in [6.45, 7) is 2.23. The van der Waals surface area contributed by atoms with E-state index in [1.807, 2.05) is 48.5 Å². The van der Waals surface area contributed by atoms with Crippen LogP contribution in [0.2, 0.25) is 0 Å². The third kappa shape index (κ3) is 6.33. The van der Waals surface area contributed by atoms with E-state index in [1.165, 1.54) is 0 Å². The van der Waals surface area contributed by atoms with Gasteiger partial charge in [-0.25, -0.2) is 9.79 Å². The number of esters is 1. The molecule has 36 heavy (non-hydrogen) atoms. The van der Waals surface area contributed by atoms with Gasteiger partial charge >= 0.3 is 5.97 Å². The second-order valence-electron chi connectivity index (χ2n) is 7.63. The Labute approximate surface area is 221 Å². The number of carbonyl (C=O) groups excluding carboxylic acids is 2. The highest BCUT2D eigenvalue weighted by Crippen LogP contribution is 2.39. The van der Waals surface area contributed by atoms with E-state index in [0.717, 1.165) is 27.4 Å². The van der Waals surface area contributed by atoms with Crippen molar-refractivity contribution in [2.75, 3.05) is 6.61 Å². The Morgan fingerprint density at radius 2 is 1.69 bits per heavy atom. The van der Waals surface area contributed by atoms with Crippen LogP contribution in [0.4, 0.5) is 0 Å². The van der Waals surface area contributed by atoms with Crippen LogP contribution in [0.5, 0.6) is 5.75 Å². The Kier molecular flexibility index (Phi) is 8.40. The molecule has 0 bridgehead atoms. The smallest absolute Gasteiger partial charge is 0.344 e. The number of aliphatic hydroxyl groups is 1. The fourth-order valence-corrected chi connectivity index (χ4v) is 4.57. The molecule has 0 unspecified atom stereocenters. The van der Waals surface area contributed by atoms with E-state index in [4.69, 9.17) is 9.47 Å². The van der Waals surface area contributed by atoms with Crippen LogP contribution in [-0.4, -0.2) is 28.6 Å². The van der Waals surface area contributed by atoms with Gasteiger partial charge in [-0.05, 0) is 60.5 Å². The van der Waals surface area contributed by atoms with Crippen molar-refractivity contribution in [1.29, 1.82) is 0 Å². The summed E-state index contributed by atoms with van der Waals surface area (Å²) in [6.07, 6.45) is 1.72. The largest absolute Gasteiger partial charge is 0.506 e. The van der Waals surface area contributed by atoms with Crippen LogP contribution in [0.3, 0.4) is 0 Å². The molecule has 1 aliphatic rings. The zero-order chi connectivity index (χ0) is 25.5. The number of aliphatic hydroxyl groups excluding tert-OH is 1. The molecule has 0 saturated heterocycles. The van der Waals surface area contributed by atoms with Crippen LogP contribution in [0.1, 0.15) is 28.4 Å². The fourth-order valence-electron chi connectivity index (χ4n) is 3.29. The Morgan fingerprint density at radius 1 is 1.00 bits per heavy atom. The van der Waals surface area contributed by atoms with Crippen molar-refractivity contribution in [1.82, 2.24) is 0 Å². The van der Waals surface area contributed by atoms with Gasteiger partial charge in [-0.1, -0.05) is 70.2 Å². The van der Waals surface area contributed by atoms with Gasteiger partial charge in [0.1, 0.15) is 28.7 Å². The van der Waals surface area contributed by atoms with Gasteiger partial charge in [0.25, 0.3) is 5.91 Å². The van der Waals surface area contributed by atoms with Gasteiger partial charge in [0, 0.05) is 10.0 Å². The highest BCUT2D eigenvalue weighted by atomic mass is 79.9. The van der Waals surface area contributed by atoms with Gasteiger partial charge in [0.2, 0.25) is 0 Å². The molecule has 0 fully saturated rings. The normalized spacial score (nSPS) is 15.4. The molecule has 0 radical (unpaired) electrons. The molecule has 3 aromatic carbocycles. The number of hydrogen-bond acceptors (Lipinski definition) is 6. The van der Waals surface area contributed by atoms with Crippen molar-refractivity contribution in [3.8, 4) is 5.75 Å². The molecule has 182 valence electrons. The van der Waals surface area contributed by atoms with Crippen LogP contribution in [0.15, 0.2) is 105 Å². The van der Waals surface area contributed by atoms with Gasteiger partial charge < -0.3 is 14.6 Å². The first kappa shape index (κ1) is 25.5. The van der Waals surface area contributed by atoms with Gasteiger partial charge in [0.15, 0.2) is 0 Å². The molecule has 0 saturated carbocycles. The molecule has 8 heteroatoms. The third-order valence-electron chi connectivity index (χ3n) is 5.09. The van der Waals surface area contributed by atoms with Crippen molar-refractivity contribution < 1.29 is 24.2 Å². The van der Waals surface area contributed by atoms with E-state index in [0.29, 0.717) is 22.8 Å². The number of ether oxygens (including phenoxy) is 2. The first-order chi connectivity index (χ1) is 17.4. The fraction of sp³-hybridized carbons (Fsp3) is 0.107. The zero-order valence-corrected chi connectivity index (χ0v) is 21.7. The van der Waals surface area contributed by atoms with Crippen molar-refractivity contribution in [2.24, 2.45) is 4.99 Å². The molecule has 6 nitrogen and oxygen atoms in total. The summed E-state index contributed by atoms with van der Waals surface area (Å²) in [5.41, 5.74) is 2.08. The molecular weight excluding hydrogens is 542 g/mol. The number of nitrogens with zero attached hydrogens (tertiary/aromatic N) is 1. The molecule has 3 aromatic rings. The summed E-state index contributed by atoms with van der Waals surface area (Å²) in [5, 5.41) is 10.9. The molecule has 1 amide bonds. The lowest BCUT2D eigenvalue weighted by Gasteiger charge is -2.07. The maximum absolute atomic E-state index is 12.6. The molecule has 1 aliphatic heterocycles. The Balaban J connectivity index is 1.54. The lowest BCUT2D eigenvalue weighted by molar-refractivity contribution is -0.138. The molecule has 4 rings (SSSR count). The summed E-state index contributed by atoms with van der Waals surface area (Å²) >= 11 is 4.46. The Bertz CT molecular complexity index is 1350. The van der Waals surface area contributed by atoms with E-state index in [1.54, 1.807) is 43.3 Å². The van der Waals surface area contributed by atoms with E-state index >= 15 is 0 Å². The number of aliphatic imine (C=N–C) groups is 1. The van der Waals surface area contributed by atoms with E-state index in [2.05, 4.69) is 20.9 Å². The minimum Gasteiger partial charge on any atom is -0.506 e. The lowest BCUT2D eigenvalue weighted by atomic mass is 10.1.